The predicted molar refractivity (Wildman–Crippen MR) is 88.6 cm³/mol. The van der Waals surface area contributed by atoms with E-state index in [2.05, 4.69) is 44.1 Å². The molecular weight excluding hydrogens is 230 g/mol. The lowest BCUT2D eigenvalue weighted by Gasteiger charge is -2.25. The molecule has 0 aromatic carbocycles. The molecule has 0 aromatic heterocycles. The van der Waals surface area contributed by atoms with Crippen LogP contribution in [0, 0.1) is 11.8 Å². The second-order valence-corrected chi connectivity index (χ2v) is 4.83. The summed E-state index contributed by atoms with van der Waals surface area (Å²) in [5.74, 6) is 0.930. The van der Waals surface area contributed by atoms with Crippen LogP contribution in [0.5, 0.6) is 0 Å². The first kappa shape index (κ1) is 17.6. The van der Waals surface area contributed by atoms with Crippen LogP contribution in [0.25, 0.3) is 0 Å². The largest absolute Gasteiger partial charge is 0.262 e. The molecule has 0 rings (SSSR count). The number of aliphatic imine (C=N–C) groups is 1. The Morgan fingerprint density at radius 3 is 2.42 bits per heavy atom. The van der Waals surface area contributed by atoms with E-state index < -0.39 is 0 Å². The standard InChI is InChI=1S/C18H29N/c1-7-11-17(12-8-2)18(13-9-3)15(5)16(6)19-14-10-4/h7,9-11,14,17-18H,3,5,8,12-13H2,1-2,4,6H3/b11-7?,14-10-,19-16?. The van der Waals surface area contributed by atoms with Gasteiger partial charge in [-0.3, -0.25) is 4.99 Å². The van der Waals surface area contributed by atoms with Gasteiger partial charge in [0.2, 0.25) is 0 Å². The first-order valence-electron chi connectivity index (χ1n) is 7.20. The normalized spacial score (nSPS) is 15.9. The van der Waals surface area contributed by atoms with Crippen molar-refractivity contribution in [1.82, 2.24) is 0 Å². The minimum Gasteiger partial charge on any atom is -0.262 e. The van der Waals surface area contributed by atoms with Crippen molar-refractivity contribution < 1.29 is 0 Å². The van der Waals surface area contributed by atoms with E-state index in [1.807, 2.05) is 32.2 Å². The van der Waals surface area contributed by atoms with Crippen molar-refractivity contribution >= 4 is 5.71 Å². The van der Waals surface area contributed by atoms with Crippen LogP contribution in [-0.2, 0) is 0 Å². The summed E-state index contributed by atoms with van der Waals surface area (Å²) in [6.45, 7) is 16.5. The quantitative estimate of drug-likeness (QED) is 0.371. The van der Waals surface area contributed by atoms with Crippen molar-refractivity contribution in [2.24, 2.45) is 16.8 Å². The van der Waals surface area contributed by atoms with Gasteiger partial charge in [0.1, 0.15) is 0 Å². The van der Waals surface area contributed by atoms with Gasteiger partial charge in [-0.15, -0.1) is 6.58 Å². The maximum Gasteiger partial charge on any atom is 0.0401 e. The van der Waals surface area contributed by atoms with Crippen LogP contribution in [-0.4, -0.2) is 5.71 Å². The molecule has 0 radical (unpaired) electrons. The Balaban J connectivity index is 5.15. The molecular formula is C18H29N. The topological polar surface area (TPSA) is 12.4 Å². The first-order chi connectivity index (χ1) is 9.12. The molecule has 0 saturated carbocycles. The monoisotopic (exact) mass is 259 g/mol. The Hall–Kier alpha value is -1.37. The molecule has 19 heavy (non-hydrogen) atoms. The van der Waals surface area contributed by atoms with Crippen molar-refractivity contribution in [1.29, 1.82) is 0 Å². The van der Waals surface area contributed by atoms with Gasteiger partial charge in [-0.25, -0.2) is 0 Å². The SMILES string of the molecule is C=CCC(C(=C)C(C)=N/C=C\C)C(C=CC)CCC. The molecule has 0 aliphatic rings. The summed E-state index contributed by atoms with van der Waals surface area (Å²) in [7, 11) is 0. The molecule has 1 heteroatoms. The third-order valence-electron chi connectivity index (χ3n) is 3.33. The molecule has 0 spiro atoms. The number of allylic oxidation sites excluding steroid dienone is 5. The second-order valence-electron chi connectivity index (χ2n) is 4.83. The van der Waals surface area contributed by atoms with E-state index in [4.69, 9.17) is 0 Å². The molecule has 0 amide bonds. The van der Waals surface area contributed by atoms with Gasteiger partial charge in [0.05, 0.1) is 0 Å². The average Bonchev–Trinajstić information content (AvgIpc) is 2.41. The zero-order chi connectivity index (χ0) is 14.7. The zero-order valence-electron chi connectivity index (χ0n) is 13.0. The molecule has 0 aromatic rings. The van der Waals surface area contributed by atoms with Crippen LogP contribution >= 0.6 is 0 Å². The molecule has 1 nitrogen and oxygen atoms in total. The van der Waals surface area contributed by atoms with Crippen molar-refractivity contribution in [2.45, 2.75) is 47.0 Å². The Morgan fingerprint density at radius 2 is 1.95 bits per heavy atom. The third-order valence-corrected chi connectivity index (χ3v) is 3.33. The third kappa shape index (κ3) is 6.37. The van der Waals surface area contributed by atoms with Crippen molar-refractivity contribution in [3.8, 4) is 0 Å². The van der Waals surface area contributed by atoms with Crippen LogP contribution in [0.15, 0.2) is 54.2 Å². The lowest BCUT2D eigenvalue weighted by molar-refractivity contribution is 0.435. The van der Waals surface area contributed by atoms with Crippen LogP contribution in [0.4, 0.5) is 0 Å². The molecule has 0 N–H and O–H groups in total. The van der Waals surface area contributed by atoms with Crippen LogP contribution < -0.4 is 0 Å². The number of rotatable bonds is 9. The zero-order valence-corrected chi connectivity index (χ0v) is 13.0. The molecule has 2 unspecified atom stereocenters. The fourth-order valence-electron chi connectivity index (χ4n) is 2.30. The summed E-state index contributed by atoms with van der Waals surface area (Å²) in [4.78, 5) is 4.43. The number of hydrogen-bond acceptors (Lipinski definition) is 1. The lowest BCUT2D eigenvalue weighted by atomic mass is 9.79. The Labute approximate surface area is 119 Å². The van der Waals surface area contributed by atoms with E-state index in [1.165, 1.54) is 12.8 Å². The highest BCUT2D eigenvalue weighted by molar-refractivity contribution is 5.98. The summed E-state index contributed by atoms with van der Waals surface area (Å²) < 4.78 is 0. The molecule has 0 aliphatic heterocycles. The van der Waals surface area contributed by atoms with Gasteiger partial charge in [0.15, 0.2) is 0 Å². The molecule has 0 fully saturated rings. The highest BCUT2D eigenvalue weighted by atomic mass is 14.7. The van der Waals surface area contributed by atoms with Gasteiger partial charge in [0, 0.05) is 11.9 Å². The van der Waals surface area contributed by atoms with Gasteiger partial charge < -0.3 is 0 Å². The molecule has 106 valence electrons. The fraction of sp³-hybridized carbons (Fsp3) is 0.500. The van der Waals surface area contributed by atoms with E-state index in [0.29, 0.717) is 11.8 Å². The highest BCUT2D eigenvalue weighted by Crippen LogP contribution is 2.29. The Morgan fingerprint density at radius 1 is 1.26 bits per heavy atom. The van der Waals surface area contributed by atoms with Crippen molar-refractivity contribution in [3.63, 3.8) is 0 Å². The average molecular weight is 259 g/mol. The van der Waals surface area contributed by atoms with Crippen LogP contribution in [0.3, 0.4) is 0 Å². The predicted octanol–water partition coefficient (Wildman–Crippen LogP) is 5.72. The molecule has 0 aliphatic carbocycles. The number of hydrogen-bond donors (Lipinski definition) is 0. The summed E-state index contributed by atoms with van der Waals surface area (Å²) in [6, 6.07) is 0. The maximum absolute atomic E-state index is 4.43. The van der Waals surface area contributed by atoms with Crippen molar-refractivity contribution in [3.05, 3.63) is 49.2 Å². The smallest absolute Gasteiger partial charge is 0.0401 e. The summed E-state index contributed by atoms with van der Waals surface area (Å²) >= 11 is 0. The van der Waals surface area contributed by atoms with Gasteiger partial charge in [0.25, 0.3) is 0 Å². The van der Waals surface area contributed by atoms with Crippen LogP contribution in [0.2, 0.25) is 0 Å². The fourth-order valence-corrected chi connectivity index (χ4v) is 2.30. The van der Waals surface area contributed by atoms with E-state index in [9.17, 15) is 0 Å². The lowest BCUT2D eigenvalue weighted by Crippen LogP contribution is -2.18. The number of nitrogens with zero attached hydrogens (tertiary/aromatic N) is 1. The van der Waals surface area contributed by atoms with Crippen molar-refractivity contribution in [2.75, 3.05) is 0 Å². The summed E-state index contributed by atoms with van der Waals surface area (Å²) in [5.41, 5.74) is 2.16. The second kappa shape index (κ2) is 10.5. The molecule has 0 heterocycles. The first-order valence-corrected chi connectivity index (χ1v) is 7.20. The minimum absolute atomic E-state index is 0.405. The van der Waals surface area contributed by atoms with Gasteiger partial charge in [-0.2, -0.15) is 0 Å². The van der Waals surface area contributed by atoms with E-state index >= 15 is 0 Å². The molecule has 0 saturated heterocycles. The van der Waals surface area contributed by atoms with E-state index in [1.54, 1.807) is 0 Å². The highest BCUT2D eigenvalue weighted by Gasteiger charge is 2.21. The van der Waals surface area contributed by atoms with E-state index in [-0.39, 0.29) is 0 Å². The van der Waals surface area contributed by atoms with Gasteiger partial charge in [-0.1, -0.05) is 44.2 Å². The molecule has 2 atom stereocenters. The van der Waals surface area contributed by atoms with Gasteiger partial charge >= 0.3 is 0 Å². The Kier molecular flexibility index (Phi) is 9.78. The molecule has 0 bridgehead atoms. The van der Waals surface area contributed by atoms with E-state index in [0.717, 1.165) is 17.7 Å². The minimum atomic E-state index is 0.405. The summed E-state index contributed by atoms with van der Waals surface area (Å²) in [6.07, 6.45) is 13.5. The van der Waals surface area contributed by atoms with Crippen LogP contribution in [0.1, 0.15) is 47.0 Å². The summed E-state index contributed by atoms with van der Waals surface area (Å²) in [5, 5.41) is 0. The maximum atomic E-state index is 4.43. The Bertz CT molecular complexity index is 358. The van der Waals surface area contributed by atoms with Gasteiger partial charge in [-0.05, 0) is 51.0 Å².